The van der Waals surface area contributed by atoms with Crippen molar-refractivity contribution in [3.63, 3.8) is 0 Å². The van der Waals surface area contributed by atoms with E-state index in [1.54, 1.807) is 0 Å². The maximum Gasteiger partial charge on any atom is 0.253 e. The van der Waals surface area contributed by atoms with Gasteiger partial charge in [0.15, 0.2) is 0 Å². The average Bonchev–Trinajstić information content (AvgIpc) is 2.90. The number of benzene rings is 1. The minimum atomic E-state index is -0.489. The third-order valence-electron chi connectivity index (χ3n) is 2.63. The molecular formula is C15H11ClFNO2S. The third-order valence-corrected chi connectivity index (χ3v) is 3.87. The maximum atomic E-state index is 12.9. The standard InChI is InChI=1S/C15H11ClFNO2S/c16-13-8-11(17)3-4-12(13)15(20)18-9-14-10(2-1-6-19)5-7-21-14/h3-5,7-8,19H,6,9H2,(H,18,20). The van der Waals surface area contributed by atoms with Crippen LogP contribution >= 0.6 is 22.9 Å². The van der Waals surface area contributed by atoms with Crippen molar-refractivity contribution in [1.29, 1.82) is 0 Å². The molecule has 0 aliphatic carbocycles. The Morgan fingerprint density at radius 3 is 2.95 bits per heavy atom. The second kappa shape index (κ2) is 7.23. The molecule has 0 saturated heterocycles. The molecule has 0 aliphatic rings. The normalized spacial score (nSPS) is 9.86. The number of carbonyl (C=O) groups excluding carboxylic acids is 1. The fourth-order valence-electron chi connectivity index (χ4n) is 1.65. The average molecular weight is 324 g/mol. The molecule has 0 saturated carbocycles. The summed E-state index contributed by atoms with van der Waals surface area (Å²) in [7, 11) is 0. The minimum absolute atomic E-state index is 0.0685. The van der Waals surface area contributed by atoms with Gasteiger partial charge >= 0.3 is 0 Å². The number of aliphatic hydroxyl groups excluding tert-OH is 1. The van der Waals surface area contributed by atoms with E-state index < -0.39 is 5.82 Å². The van der Waals surface area contributed by atoms with E-state index in [1.165, 1.54) is 23.5 Å². The molecule has 0 fully saturated rings. The van der Waals surface area contributed by atoms with Crippen LogP contribution in [0.2, 0.25) is 5.02 Å². The van der Waals surface area contributed by atoms with Gasteiger partial charge in [0.2, 0.25) is 0 Å². The molecule has 1 aromatic carbocycles. The van der Waals surface area contributed by atoms with Crippen LogP contribution in [-0.2, 0) is 6.54 Å². The van der Waals surface area contributed by atoms with Crippen LogP contribution in [0.4, 0.5) is 4.39 Å². The van der Waals surface area contributed by atoms with Crippen molar-refractivity contribution in [2.45, 2.75) is 6.54 Å². The Morgan fingerprint density at radius 2 is 2.24 bits per heavy atom. The summed E-state index contributed by atoms with van der Waals surface area (Å²) in [6, 6.07) is 5.44. The first-order chi connectivity index (χ1) is 10.1. The number of rotatable bonds is 3. The Hall–Kier alpha value is -1.87. The summed E-state index contributed by atoms with van der Waals surface area (Å²) in [5.41, 5.74) is 0.983. The highest BCUT2D eigenvalue weighted by Crippen LogP contribution is 2.19. The number of hydrogen-bond acceptors (Lipinski definition) is 3. The van der Waals surface area contributed by atoms with E-state index in [4.69, 9.17) is 16.7 Å². The highest BCUT2D eigenvalue weighted by molar-refractivity contribution is 7.10. The second-order valence-electron chi connectivity index (χ2n) is 4.02. The van der Waals surface area contributed by atoms with Gasteiger partial charge in [0.05, 0.1) is 17.1 Å². The van der Waals surface area contributed by atoms with Gasteiger partial charge in [-0.1, -0.05) is 23.4 Å². The van der Waals surface area contributed by atoms with Crippen molar-refractivity contribution in [2.75, 3.05) is 6.61 Å². The molecule has 1 amide bonds. The van der Waals surface area contributed by atoms with E-state index in [2.05, 4.69) is 17.2 Å². The summed E-state index contributed by atoms with van der Waals surface area (Å²) in [5, 5.41) is 13.3. The van der Waals surface area contributed by atoms with Gasteiger partial charge < -0.3 is 10.4 Å². The van der Waals surface area contributed by atoms with Crippen LogP contribution in [0.25, 0.3) is 0 Å². The lowest BCUT2D eigenvalue weighted by Gasteiger charge is -2.06. The lowest BCUT2D eigenvalue weighted by atomic mass is 10.2. The van der Waals surface area contributed by atoms with Crippen molar-refractivity contribution >= 4 is 28.8 Å². The molecule has 1 heterocycles. The highest BCUT2D eigenvalue weighted by atomic mass is 35.5. The van der Waals surface area contributed by atoms with Gasteiger partial charge in [-0.05, 0) is 29.6 Å². The van der Waals surface area contributed by atoms with Crippen molar-refractivity contribution in [2.24, 2.45) is 0 Å². The SMILES string of the molecule is O=C(NCc1sccc1C#CCO)c1ccc(F)cc1Cl. The third kappa shape index (κ3) is 4.05. The quantitative estimate of drug-likeness (QED) is 0.853. The molecule has 108 valence electrons. The summed E-state index contributed by atoms with van der Waals surface area (Å²) in [6.07, 6.45) is 0. The summed E-state index contributed by atoms with van der Waals surface area (Å²) in [6.45, 7) is 0.0759. The van der Waals surface area contributed by atoms with Gasteiger partial charge in [0.1, 0.15) is 12.4 Å². The lowest BCUT2D eigenvalue weighted by molar-refractivity contribution is 0.0951. The Kier molecular flexibility index (Phi) is 5.34. The van der Waals surface area contributed by atoms with Crippen LogP contribution in [0.1, 0.15) is 20.8 Å². The van der Waals surface area contributed by atoms with Crippen LogP contribution in [0.15, 0.2) is 29.6 Å². The van der Waals surface area contributed by atoms with Gasteiger partial charge in [-0.15, -0.1) is 11.3 Å². The summed E-state index contributed by atoms with van der Waals surface area (Å²) < 4.78 is 12.9. The predicted molar refractivity (Wildman–Crippen MR) is 80.9 cm³/mol. The monoisotopic (exact) mass is 323 g/mol. The molecule has 2 N–H and O–H groups in total. The summed E-state index contributed by atoms with van der Waals surface area (Å²) in [4.78, 5) is 12.9. The Labute approximate surface area is 130 Å². The smallest absolute Gasteiger partial charge is 0.253 e. The lowest BCUT2D eigenvalue weighted by Crippen LogP contribution is -2.23. The van der Waals surface area contributed by atoms with Gasteiger partial charge in [-0.25, -0.2) is 4.39 Å². The first-order valence-corrected chi connectivity index (χ1v) is 7.27. The first-order valence-electron chi connectivity index (χ1n) is 6.01. The predicted octanol–water partition coefficient (Wildman–Crippen LogP) is 2.81. The highest BCUT2D eigenvalue weighted by Gasteiger charge is 2.11. The number of aliphatic hydroxyl groups is 1. The minimum Gasteiger partial charge on any atom is -0.384 e. The Balaban J connectivity index is 2.06. The summed E-state index contributed by atoms with van der Waals surface area (Å²) in [5.74, 6) is 4.50. The molecule has 1 aromatic heterocycles. The number of thiophene rings is 1. The second-order valence-corrected chi connectivity index (χ2v) is 5.43. The van der Waals surface area contributed by atoms with Crippen LogP contribution in [0.3, 0.4) is 0 Å². The van der Waals surface area contributed by atoms with Crippen molar-refractivity contribution < 1.29 is 14.3 Å². The van der Waals surface area contributed by atoms with E-state index >= 15 is 0 Å². The molecule has 0 unspecified atom stereocenters. The van der Waals surface area contributed by atoms with Gasteiger partial charge in [-0.2, -0.15) is 0 Å². The fourth-order valence-corrected chi connectivity index (χ4v) is 2.68. The number of nitrogens with one attached hydrogen (secondary N) is 1. The fraction of sp³-hybridized carbons (Fsp3) is 0.133. The molecule has 0 bridgehead atoms. The van der Waals surface area contributed by atoms with E-state index in [-0.39, 0.29) is 23.1 Å². The Morgan fingerprint density at radius 1 is 1.43 bits per heavy atom. The van der Waals surface area contributed by atoms with Crippen LogP contribution in [-0.4, -0.2) is 17.6 Å². The largest absolute Gasteiger partial charge is 0.384 e. The van der Waals surface area contributed by atoms with E-state index in [9.17, 15) is 9.18 Å². The zero-order valence-electron chi connectivity index (χ0n) is 10.8. The van der Waals surface area contributed by atoms with Crippen LogP contribution in [0.5, 0.6) is 0 Å². The number of halogens is 2. The number of carbonyl (C=O) groups is 1. The number of hydrogen-bond donors (Lipinski definition) is 2. The molecule has 3 nitrogen and oxygen atoms in total. The first kappa shape index (κ1) is 15.5. The van der Waals surface area contributed by atoms with Gasteiger partial charge in [0, 0.05) is 10.4 Å². The van der Waals surface area contributed by atoms with Crippen molar-refractivity contribution in [1.82, 2.24) is 5.32 Å². The zero-order chi connectivity index (χ0) is 15.2. The van der Waals surface area contributed by atoms with Gasteiger partial charge in [0.25, 0.3) is 5.91 Å². The van der Waals surface area contributed by atoms with Crippen molar-refractivity contribution in [3.05, 3.63) is 56.5 Å². The molecular weight excluding hydrogens is 313 g/mol. The maximum absolute atomic E-state index is 12.9. The molecule has 0 radical (unpaired) electrons. The molecule has 0 aliphatic heterocycles. The Bertz CT molecular complexity index is 718. The van der Waals surface area contributed by atoms with Gasteiger partial charge in [-0.3, -0.25) is 4.79 Å². The van der Waals surface area contributed by atoms with E-state index in [0.29, 0.717) is 6.54 Å². The van der Waals surface area contributed by atoms with Crippen LogP contribution in [0, 0.1) is 17.7 Å². The molecule has 2 aromatic rings. The van der Waals surface area contributed by atoms with E-state index in [0.717, 1.165) is 16.5 Å². The van der Waals surface area contributed by atoms with E-state index in [1.807, 2.05) is 11.4 Å². The number of amides is 1. The topological polar surface area (TPSA) is 49.3 Å². The molecule has 2 rings (SSSR count). The summed E-state index contributed by atoms with van der Waals surface area (Å²) >= 11 is 7.29. The van der Waals surface area contributed by atoms with Crippen molar-refractivity contribution in [3.8, 4) is 11.8 Å². The zero-order valence-corrected chi connectivity index (χ0v) is 12.4. The molecule has 0 spiro atoms. The molecule has 0 atom stereocenters. The molecule has 21 heavy (non-hydrogen) atoms. The van der Waals surface area contributed by atoms with Crippen LogP contribution < -0.4 is 5.32 Å². The molecule has 6 heteroatoms.